The third-order valence-electron chi connectivity index (χ3n) is 2.77. The van der Waals surface area contributed by atoms with Crippen LogP contribution in [0.3, 0.4) is 0 Å². The van der Waals surface area contributed by atoms with Crippen molar-refractivity contribution in [3.05, 3.63) is 35.4 Å². The average Bonchev–Trinajstić information content (AvgIpc) is 2.59. The van der Waals surface area contributed by atoms with Crippen LogP contribution in [0, 0.1) is 11.8 Å². The Labute approximate surface area is 105 Å². The molecule has 0 aromatic heterocycles. The van der Waals surface area contributed by atoms with Gasteiger partial charge in [-0.1, -0.05) is 36.1 Å². The monoisotopic (exact) mass is 269 g/mol. The minimum Gasteiger partial charge on any atom is -0.273 e. The van der Waals surface area contributed by atoms with Crippen LogP contribution in [-0.4, -0.2) is 25.7 Å². The first-order valence-electron chi connectivity index (χ1n) is 5.40. The molecule has 1 aliphatic rings. The summed E-state index contributed by atoms with van der Waals surface area (Å²) >= 11 is 0. The largest absolute Gasteiger partial charge is 0.334 e. The van der Waals surface area contributed by atoms with E-state index >= 15 is 0 Å². The van der Waals surface area contributed by atoms with Crippen molar-refractivity contribution < 1.29 is 17.4 Å². The van der Waals surface area contributed by atoms with Crippen LogP contribution in [0.2, 0.25) is 0 Å². The Morgan fingerprint density at radius 1 is 1.44 bits per heavy atom. The fourth-order valence-electron chi connectivity index (χ4n) is 2.00. The van der Waals surface area contributed by atoms with Gasteiger partial charge in [0.05, 0.1) is 12.5 Å². The zero-order chi connectivity index (χ0) is 13.2. The fraction of sp³-hybridized carbons (Fsp3) is 0.333. The summed E-state index contributed by atoms with van der Waals surface area (Å²) in [6, 6.07) is 7.35. The summed E-state index contributed by atoms with van der Waals surface area (Å²) in [6.07, 6.45) is -0.734. The lowest BCUT2D eigenvalue weighted by Crippen LogP contribution is -2.22. The lowest BCUT2D eigenvalue weighted by molar-refractivity contribution is 0.330. The molecule has 1 aromatic rings. The molecule has 2 atom stereocenters. The highest BCUT2D eigenvalue weighted by Gasteiger charge is 2.30. The molecule has 0 saturated carbocycles. The second-order valence-corrected chi connectivity index (χ2v) is 5.25. The smallest absolute Gasteiger partial charge is 0.273 e. The van der Waals surface area contributed by atoms with Gasteiger partial charge in [0.25, 0.3) is 0 Å². The van der Waals surface area contributed by atoms with Crippen molar-refractivity contribution in [2.45, 2.75) is 18.5 Å². The van der Waals surface area contributed by atoms with Crippen LogP contribution in [0.4, 0.5) is 4.39 Å². The van der Waals surface area contributed by atoms with Gasteiger partial charge in [0, 0.05) is 6.42 Å². The highest BCUT2D eigenvalue weighted by Crippen LogP contribution is 2.34. The van der Waals surface area contributed by atoms with Crippen molar-refractivity contribution in [1.82, 2.24) is 4.72 Å². The quantitative estimate of drug-likeness (QED) is 0.623. The number of fused-ring (bicyclic) bond motifs is 1. The summed E-state index contributed by atoms with van der Waals surface area (Å²) in [7, 11) is -4.24. The molecular formula is C12H12FNO3S. The van der Waals surface area contributed by atoms with Crippen molar-refractivity contribution >= 4 is 10.3 Å². The summed E-state index contributed by atoms with van der Waals surface area (Å²) in [5.41, 5.74) is 1.79. The summed E-state index contributed by atoms with van der Waals surface area (Å²) in [5.74, 6) is 4.69. The minimum atomic E-state index is -4.24. The number of halogens is 1. The van der Waals surface area contributed by atoms with Crippen LogP contribution in [0.25, 0.3) is 0 Å². The van der Waals surface area contributed by atoms with Gasteiger partial charge in [-0.15, -0.1) is 0 Å². The van der Waals surface area contributed by atoms with Gasteiger partial charge < -0.3 is 0 Å². The second kappa shape index (κ2) is 5.06. The maximum Gasteiger partial charge on any atom is 0.334 e. The van der Waals surface area contributed by atoms with Crippen LogP contribution in [0.15, 0.2) is 24.3 Å². The first kappa shape index (κ1) is 13.0. The van der Waals surface area contributed by atoms with E-state index in [1.165, 1.54) is 0 Å². The minimum absolute atomic E-state index is 0.232. The molecule has 0 heterocycles. The molecule has 96 valence electrons. The van der Waals surface area contributed by atoms with Crippen molar-refractivity contribution in [2.24, 2.45) is 0 Å². The zero-order valence-corrected chi connectivity index (χ0v) is 10.2. The molecule has 2 rings (SSSR count). The number of rotatable bonds is 2. The SMILES string of the molecule is O=S(=O)(O)NCC#C[C@H]1c2ccccc2C[C@@H]1F. The summed E-state index contributed by atoms with van der Waals surface area (Å²) in [4.78, 5) is 0. The predicted molar refractivity (Wildman–Crippen MR) is 65.1 cm³/mol. The Morgan fingerprint density at radius 2 is 2.17 bits per heavy atom. The van der Waals surface area contributed by atoms with Crippen molar-refractivity contribution in [3.63, 3.8) is 0 Å². The van der Waals surface area contributed by atoms with Gasteiger partial charge in [0.1, 0.15) is 6.17 Å². The Bertz CT molecular complexity index is 603. The standard InChI is InChI=1S/C12H12FNO3S/c13-12-8-9-4-1-2-5-10(9)11(12)6-3-7-14-18(15,16)17/h1-2,4-5,11-12,14H,7-8H2,(H,15,16,17)/t11-,12-/m0/s1. The first-order chi connectivity index (χ1) is 8.47. The number of nitrogens with one attached hydrogen (secondary N) is 1. The Kier molecular flexibility index (Phi) is 3.66. The highest BCUT2D eigenvalue weighted by molar-refractivity contribution is 7.83. The number of benzene rings is 1. The topological polar surface area (TPSA) is 66.4 Å². The van der Waals surface area contributed by atoms with E-state index in [-0.39, 0.29) is 6.54 Å². The third kappa shape index (κ3) is 3.07. The molecule has 0 unspecified atom stereocenters. The van der Waals surface area contributed by atoms with Gasteiger partial charge in [-0.3, -0.25) is 4.55 Å². The molecule has 18 heavy (non-hydrogen) atoms. The highest BCUT2D eigenvalue weighted by atomic mass is 32.2. The molecule has 0 saturated heterocycles. The maximum atomic E-state index is 13.8. The van der Waals surface area contributed by atoms with Crippen LogP contribution < -0.4 is 4.72 Å². The van der Waals surface area contributed by atoms with E-state index in [0.29, 0.717) is 6.42 Å². The molecule has 0 spiro atoms. The van der Waals surface area contributed by atoms with Gasteiger partial charge in [-0.2, -0.15) is 13.1 Å². The second-order valence-electron chi connectivity index (χ2n) is 4.01. The van der Waals surface area contributed by atoms with Crippen molar-refractivity contribution in [1.29, 1.82) is 0 Å². The lowest BCUT2D eigenvalue weighted by Gasteiger charge is -2.05. The number of alkyl halides is 1. The molecule has 1 aromatic carbocycles. The predicted octanol–water partition coefficient (Wildman–Crippen LogP) is 1.06. The summed E-state index contributed by atoms with van der Waals surface area (Å²) in [6.45, 7) is -0.232. The molecule has 4 nitrogen and oxygen atoms in total. The van der Waals surface area contributed by atoms with Crippen LogP contribution >= 0.6 is 0 Å². The fourth-order valence-corrected chi connectivity index (χ4v) is 2.26. The van der Waals surface area contributed by atoms with Gasteiger partial charge >= 0.3 is 10.3 Å². The van der Waals surface area contributed by atoms with Gasteiger partial charge in [-0.05, 0) is 11.1 Å². The van der Waals surface area contributed by atoms with Gasteiger partial charge in [-0.25, -0.2) is 4.39 Å². The van der Waals surface area contributed by atoms with Gasteiger partial charge in [0.15, 0.2) is 0 Å². The molecular weight excluding hydrogens is 257 g/mol. The maximum absolute atomic E-state index is 13.8. The molecule has 0 aliphatic heterocycles. The Hall–Kier alpha value is -1.42. The van der Waals surface area contributed by atoms with E-state index in [0.717, 1.165) is 11.1 Å². The summed E-state index contributed by atoms with van der Waals surface area (Å²) < 4.78 is 44.8. The van der Waals surface area contributed by atoms with E-state index < -0.39 is 22.4 Å². The van der Waals surface area contributed by atoms with E-state index in [4.69, 9.17) is 4.55 Å². The zero-order valence-electron chi connectivity index (χ0n) is 9.43. The molecule has 0 radical (unpaired) electrons. The Morgan fingerprint density at radius 3 is 2.89 bits per heavy atom. The third-order valence-corrected chi connectivity index (χ3v) is 3.28. The molecule has 6 heteroatoms. The normalized spacial score (nSPS) is 22.1. The first-order valence-corrected chi connectivity index (χ1v) is 6.84. The van der Waals surface area contributed by atoms with Crippen LogP contribution in [-0.2, 0) is 16.7 Å². The summed E-state index contributed by atoms with van der Waals surface area (Å²) in [5, 5.41) is 0. The lowest BCUT2D eigenvalue weighted by atomic mass is 10.0. The molecule has 0 amide bonds. The number of hydrogen-bond acceptors (Lipinski definition) is 2. The molecule has 0 fully saturated rings. The van der Waals surface area contributed by atoms with Crippen LogP contribution in [0.5, 0.6) is 0 Å². The van der Waals surface area contributed by atoms with E-state index in [1.54, 1.807) is 0 Å². The van der Waals surface area contributed by atoms with Gasteiger partial charge in [0.2, 0.25) is 0 Å². The number of hydrogen-bond donors (Lipinski definition) is 2. The van der Waals surface area contributed by atoms with E-state index in [9.17, 15) is 12.8 Å². The van der Waals surface area contributed by atoms with Crippen LogP contribution in [0.1, 0.15) is 17.0 Å². The van der Waals surface area contributed by atoms with Crippen molar-refractivity contribution in [3.8, 4) is 11.8 Å². The Balaban J connectivity index is 2.09. The average molecular weight is 269 g/mol. The van der Waals surface area contributed by atoms with E-state index in [1.807, 2.05) is 29.0 Å². The molecule has 0 bridgehead atoms. The molecule has 2 N–H and O–H groups in total. The molecule has 1 aliphatic carbocycles. The van der Waals surface area contributed by atoms with Crippen molar-refractivity contribution in [2.75, 3.05) is 6.54 Å². The van der Waals surface area contributed by atoms with E-state index in [2.05, 4.69) is 11.8 Å².